The molecule has 1 aromatic heterocycles. The Balaban J connectivity index is 2.55. The average molecular weight is 319 g/mol. The molecular weight excluding hydrogens is 301 g/mol. The SMILES string of the molecule is CC(C)CC(C)n1c(CCl)nc2cc(C(F)(F)F)ccc21. The Morgan fingerprint density at radius 1 is 1.24 bits per heavy atom. The molecule has 0 amide bonds. The maximum Gasteiger partial charge on any atom is 0.416 e. The highest BCUT2D eigenvalue weighted by Gasteiger charge is 2.31. The molecule has 1 atom stereocenters. The first-order chi connectivity index (χ1) is 9.74. The summed E-state index contributed by atoms with van der Waals surface area (Å²) in [5, 5.41) is 0. The molecule has 0 saturated carbocycles. The van der Waals surface area contributed by atoms with E-state index in [1.807, 2.05) is 11.5 Å². The summed E-state index contributed by atoms with van der Waals surface area (Å²) in [6, 6.07) is 3.81. The maximum atomic E-state index is 12.8. The van der Waals surface area contributed by atoms with Crippen molar-refractivity contribution in [1.82, 2.24) is 9.55 Å². The highest BCUT2D eigenvalue weighted by molar-refractivity contribution is 6.16. The molecule has 21 heavy (non-hydrogen) atoms. The fourth-order valence-electron chi connectivity index (χ4n) is 2.70. The Morgan fingerprint density at radius 2 is 1.90 bits per heavy atom. The molecule has 2 rings (SSSR count). The van der Waals surface area contributed by atoms with Crippen LogP contribution in [0, 0.1) is 5.92 Å². The molecule has 0 aliphatic carbocycles. The van der Waals surface area contributed by atoms with Gasteiger partial charge >= 0.3 is 6.18 Å². The van der Waals surface area contributed by atoms with Crippen molar-refractivity contribution in [3.05, 3.63) is 29.6 Å². The van der Waals surface area contributed by atoms with E-state index in [9.17, 15) is 13.2 Å². The van der Waals surface area contributed by atoms with E-state index in [0.29, 0.717) is 22.8 Å². The average Bonchev–Trinajstić information content (AvgIpc) is 2.74. The number of rotatable bonds is 4. The molecular formula is C15H18ClF3N2. The molecule has 1 unspecified atom stereocenters. The smallest absolute Gasteiger partial charge is 0.324 e. The summed E-state index contributed by atoms with van der Waals surface area (Å²) in [5.41, 5.74) is 0.361. The molecule has 1 aromatic carbocycles. The van der Waals surface area contributed by atoms with E-state index in [1.54, 1.807) is 0 Å². The molecule has 0 saturated heterocycles. The summed E-state index contributed by atoms with van der Waals surface area (Å²) >= 11 is 5.91. The minimum atomic E-state index is -4.36. The molecule has 0 radical (unpaired) electrons. The Hall–Kier alpha value is -1.23. The standard InChI is InChI=1S/C15H18ClF3N2/c1-9(2)6-10(3)21-13-5-4-11(15(17,18)19)7-12(13)20-14(21)8-16/h4-5,7,9-10H,6,8H2,1-3H3. The van der Waals surface area contributed by atoms with Crippen LogP contribution in [0.3, 0.4) is 0 Å². The maximum absolute atomic E-state index is 12.8. The van der Waals surface area contributed by atoms with Gasteiger partial charge in [0.25, 0.3) is 0 Å². The van der Waals surface area contributed by atoms with Crippen LogP contribution in [0.2, 0.25) is 0 Å². The Bertz CT molecular complexity index is 632. The van der Waals surface area contributed by atoms with Crippen molar-refractivity contribution < 1.29 is 13.2 Å². The second-order valence-electron chi connectivity index (χ2n) is 5.71. The molecule has 6 heteroatoms. The minimum Gasteiger partial charge on any atom is -0.324 e. The van der Waals surface area contributed by atoms with Gasteiger partial charge in [0.05, 0.1) is 22.5 Å². The minimum absolute atomic E-state index is 0.139. The third-order valence-electron chi connectivity index (χ3n) is 3.46. The highest BCUT2D eigenvalue weighted by Crippen LogP contribution is 2.33. The quantitative estimate of drug-likeness (QED) is 0.690. The predicted octanol–water partition coefficient (Wildman–Crippen LogP) is 5.40. The van der Waals surface area contributed by atoms with Crippen molar-refractivity contribution in [1.29, 1.82) is 0 Å². The van der Waals surface area contributed by atoms with Crippen molar-refractivity contribution in [3.63, 3.8) is 0 Å². The van der Waals surface area contributed by atoms with Crippen LogP contribution in [0.25, 0.3) is 11.0 Å². The molecule has 0 N–H and O–H groups in total. The molecule has 1 heterocycles. The van der Waals surface area contributed by atoms with E-state index in [4.69, 9.17) is 11.6 Å². The zero-order chi connectivity index (χ0) is 15.8. The molecule has 0 spiro atoms. The second-order valence-corrected chi connectivity index (χ2v) is 5.98. The van der Waals surface area contributed by atoms with E-state index in [0.717, 1.165) is 18.6 Å². The van der Waals surface area contributed by atoms with Crippen LogP contribution in [-0.2, 0) is 12.1 Å². The Kier molecular flexibility index (Phi) is 4.51. The summed E-state index contributed by atoms with van der Waals surface area (Å²) < 4.78 is 40.3. The van der Waals surface area contributed by atoms with Crippen LogP contribution >= 0.6 is 11.6 Å². The van der Waals surface area contributed by atoms with Crippen LogP contribution in [0.15, 0.2) is 18.2 Å². The van der Waals surface area contributed by atoms with Gasteiger partial charge in [-0.2, -0.15) is 13.2 Å². The number of nitrogens with zero attached hydrogens (tertiary/aromatic N) is 2. The highest BCUT2D eigenvalue weighted by atomic mass is 35.5. The van der Waals surface area contributed by atoms with E-state index in [1.165, 1.54) is 6.07 Å². The van der Waals surface area contributed by atoms with Gasteiger partial charge in [-0.3, -0.25) is 0 Å². The van der Waals surface area contributed by atoms with Crippen LogP contribution in [-0.4, -0.2) is 9.55 Å². The van der Waals surface area contributed by atoms with Crippen molar-refractivity contribution in [2.45, 2.75) is 45.3 Å². The van der Waals surface area contributed by atoms with E-state index in [-0.39, 0.29) is 11.9 Å². The van der Waals surface area contributed by atoms with Gasteiger partial charge in [0.2, 0.25) is 0 Å². The van der Waals surface area contributed by atoms with Gasteiger partial charge in [0.1, 0.15) is 5.82 Å². The lowest BCUT2D eigenvalue weighted by Crippen LogP contribution is -2.11. The largest absolute Gasteiger partial charge is 0.416 e. The fourth-order valence-corrected chi connectivity index (χ4v) is 2.89. The molecule has 0 fully saturated rings. The first-order valence-electron chi connectivity index (χ1n) is 6.88. The lowest BCUT2D eigenvalue weighted by atomic mass is 10.0. The monoisotopic (exact) mass is 318 g/mol. The number of hydrogen-bond acceptors (Lipinski definition) is 1. The topological polar surface area (TPSA) is 17.8 Å². The molecule has 2 nitrogen and oxygen atoms in total. The third kappa shape index (κ3) is 3.34. The summed E-state index contributed by atoms with van der Waals surface area (Å²) in [5.74, 6) is 1.27. The molecule has 2 aromatic rings. The Labute approximate surface area is 126 Å². The first-order valence-corrected chi connectivity index (χ1v) is 7.41. The van der Waals surface area contributed by atoms with Gasteiger partial charge in [0.15, 0.2) is 0 Å². The van der Waals surface area contributed by atoms with Crippen molar-refractivity contribution in [3.8, 4) is 0 Å². The first kappa shape index (κ1) is 16.1. The fraction of sp³-hybridized carbons (Fsp3) is 0.533. The predicted molar refractivity (Wildman–Crippen MR) is 78.5 cm³/mol. The lowest BCUT2D eigenvalue weighted by molar-refractivity contribution is -0.137. The van der Waals surface area contributed by atoms with Gasteiger partial charge in [-0.05, 0) is 37.5 Å². The number of imidazole rings is 1. The molecule has 0 bridgehead atoms. The van der Waals surface area contributed by atoms with Gasteiger partial charge in [-0.15, -0.1) is 11.6 Å². The third-order valence-corrected chi connectivity index (χ3v) is 3.70. The van der Waals surface area contributed by atoms with Crippen molar-refractivity contribution >= 4 is 22.6 Å². The van der Waals surface area contributed by atoms with Crippen LogP contribution in [0.5, 0.6) is 0 Å². The molecule has 0 aliphatic heterocycles. The summed E-state index contributed by atoms with van der Waals surface area (Å²) in [6.07, 6.45) is -3.45. The number of benzene rings is 1. The van der Waals surface area contributed by atoms with Crippen molar-refractivity contribution in [2.75, 3.05) is 0 Å². The summed E-state index contributed by atoms with van der Waals surface area (Å²) in [7, 11) is 0. The number of fused-ring (bicyclic) bond motifs is 1. The normalized spacial score (nSPS) is 14.1. The van der Waals surface area contributed by atoms with Crippen molar-refractivity contribution in [2.24, 2.45) is 5.92 Å². The summed E-state index contributed by atoms with van der Waals surface area (Å²) in [6.45, 7) is 6.25. The van der Waals surface area contributed by atoms with E-state index >= 15 is 0 Å². The van der Waals surface area contributed by atoms with E-state index < -0.39 is 11.7 Å². The molecule has 116 valence electrons. The zero-order valence-electron chi connectivity index (χ0n) is 12.2. The Morgan fingerprint density at radius 3 is 2.43 bits per heavy atom. The van der Waals surface area contributed by atoms with Crippen LogP contribution in [0.4, 0.5) is 13.2 Å². The number of alkyl halides is 4. The van der Waals surface area contributed by atoms with E-state index in [2.05, 4.69) is 18.8 Å². The zero-order valence-corrected chi connectivity index (χ0v) is 13.0. The van der Waals surface area contributed by atoms with Gasteiger partial charge < -0.3 is 4.57 Å². The number of aromatic nitrogens is 2. The van der Waals surface area contributed by atoms with Crippen LogP contribution < -0.4 is 0 Å². The number of hydrogen-bond donors (Lipinski definition) is 0. The molecule has 0 aliphatic rings. The summed E-state index contributed by atoms with van der Waals surface area (Å²) in [4.78, 5) is 4.26. The number of halogens is 4. The van der Waals surface area contributed by atoms with Gasteiger partial charge in [-0.25, -0.2) is 4.98 Å². The van der Waals surface area contributed by atoms with Gasteiger partial charge in [0, 0.05) is 6.04 Å². The van der Waals surface area contributed by atoms with Crippen LogP contribution in [0.1, 0.15) is 44.6 Å². The second kappa shape index (κ2) is 5.87. The van der Waals surface area contributed by atoms with Gasteiger partial charge in [-0.1, -0.05) is 13.8 Å². The lowest BCUT2D eigenvalue weighted by Gasteiger charge is -2.19.